The maximum Gasteiger partial charge on any atom is 0.240 e. The summed E-state index contributed by atoms with van der Waals surface area (Å²) in [7, 11) is -6.97. The molecular weight excluding hydrogens is 302 g/mol. The summed E-state index contributed by atoms with van der Waals surface area (Å²) in [6.07, 6.45) is 0.272. The van der Waals surface area contributed by atoms with E-state index in [0.717, 1.165) is 0 Å². The molecule has 20 heavy (non-hydrogen) atoms. The molecule has 0 bridgehead atoms. The van der Waals surface area contributed by atoms with E-state index in [1.54, 1.807) is 0 Å². The van der Waals surface area contributed by atoms with Gasteiger partial charge >= 0.3 is 0 Å². The van der Waals surface area contributed by atoms with E-state index in [0.29, 0.717) is 5.56 Å². The Hall–Kier alpha value is -1.25. The number of Topliss-reactive ketones (excluding diaryl/α,β-unsaturated/α-hetero) is 1. The van der Waals surface area contributed by atoms with E-state index in [-0.39, 0.29) is 28.6 Å². The third-order valence-electron chi connectivity index (χ3n) is 3.11. The number of sulfone groups is 1. The summed E-state index contributed by atoms with van der Waals surface area (Å²) in [4.78, 5) is 11.2. The van der Waals surface area contributed by atoms with Crippen molar-refractivity contribution in [1.82, 2.24) is 4.72 Å². The van der Waals surface area contributed by atoms with Crippen LogP contribution in [0.4, 0.5) is 0 Å². The topological polar surface area (TPSA) is 97.4 Å². The fraction of sp³-hybridized carbons (Fsp3) is 0.417. The van der Waals surface area contributed by atoms with Crippen molar-refractivity contribution in [3.05, 3.63) is 29.8 Å². The van der Waals surface area contributed by atoms with Crippen LogP contribution in [0.2, 0.25) is 0 Å². The van der Waals surface area contributed by atoms with Gasteiger partial charge in [-0.05, 0) is 25.5 Å². The van der Waals surface area contributed by atoms with E-state index in [9.17, 15) is 21.6 Å². The molecule has 1 aromatic rings. The summed E-state index contributed by atoms with van der Waals surface area (Å²) in [5, 5.41) is 0. The molecule has 6 nitrogen and oxygen atoms in total. The Kier molecular flexibility index (Phi) is 3.99. The smallest absolute Gasteiger partial charge is 0.240 e. The molecule has 110 valence electrons. The molecule has 8 heteroatoms. The van der Waals surface area contributed by atoms with Crippen molar-refractivity contribution in [2.45, 2.75) is 24.3 Å². The van der Waals surface area contributed by atoms with E-state index < -0.39 is 25.9 Å². The zero-order valence-electron chi connectivity index (χ0n) is 10.9. The van der Waals surface area contributed by atoms with Gasteiger partial charge in [-0.1, -0.05) is 12.1 Å². The fourth-order valence-electron chi connectivity index (χ4n) is 2.06. The molecule has 0 saturated carbocycles. The normalized spacial score (nSPS) is 21.8. The van der Waals surface area contributed by atoms with Crippen molar-refractivity contribution in [2.75, 3.05) is 11.5 Å². The van der Waals surface area contributed by atoms with Crippen molar-refractivity contribution in [2.24, 2.45) is 0 Å². The van der Waals surface area contributed by atoms with Crippen LogP contribution in [0.25, 0.3) is 0 Å². The van der Waals surface area contributed by atoms with Crippen LogP contribution in [-0.2, 0) is 19.9 Å². The maximum absolute atomic E-state index is 12.2. The van der Waals surface area contributed by atoms with Gasteiger partial charge in [0.1, 0.15) is 0 Å². The Morgan fingerprint density at radius 2 is 2.05 bits per heavy atom. The Bertz CT molecular complexity index is 737. The van der Waals surface area contributed by atoms with Crippen LogP contribution in [0.3, 0.4) is 0 Å². The van der Waals surface area contributed by atoms with Crippen LogP contribution in [0, 0.1) is 0 Å². The number of nitrogens with one attached hydrogen (secondary N) is 1. The molecule has 1 saturated heterocycles. The van der Waals surface area contributed by atoms with Gasteiger partial charge in [-0.2, -0.15) is 0 Å². The first kappa shape index (κ1) is 15.1. The van der Waals surface area contributed by atoms with Crippen molar-refractivity contribution in [3.8, 4) is 0 Å². The first-order chi connectivity index (χ1) is 9.20. The lowest BCUT2D eigenvalue weighted by Crippen LogP contribution is -2.35. The van der Waals surface area contributed by atoms with Crippen LogP contribution in [0.5, 0.6) is 0 Å². The Labute approximate surface area is 118 Å². The molecule has 1 aliphatic heterocycles. The van der Waals surface area contributed by atoms with Gasteiger partial charge in [-0.3, -0.25) is 4.79 Å². The highest BCUT2D eigenvalue weighted by molar-refractivity contribution is 7.92. The van der Waals surface area contributed by atoms with Gasteiger partial charge in [0.25, 0.3) is 0 Å². The number of benzene rings is 1. The molecule has 1 aromatic carbocycles. The van der Waals surface area contributed by atoms with E-state index in [2.05, 4.69) is 4.72 Å². The van der Waals surface area contributed by atoms with Gasteiger partial charge in [0.05, 0.1) is 16.4 Å². The second kappa shape index (κ2) is 5.27. The van der Waals surface area contributed by atoms with E-state index in [1.165, 1.54) is 31.2 Å². The zero-order chi connectivity index (χ0) is 15.0. The van der Waals surface area contributed by atoms with Crippen LogP contribution >= 0.6 is 0 Å². The Morgan fingerprint density at radius 3 is 2.60 bits per heavy atom. The molecule has 1 fully saturated rings. The number of hydrogen-bond donors (Lipinski definition) is 1. The minimum absolute atomic E-state index is 0.00628. The average molecular weight is 317 g/mol. The third kappa shape index (κ3) is 3.44. The lowest BCUT2D eigenvalue weighted by Gasteiger charge is -2.12. The number of rotatable bonds is 4. The third-order valence-corrected chi connectivity index (χ3v) is 6.39. The first-order valence-electron chi connectivity index (χ1n) is 6.03. The highest BCUT2D eigenvalue weighted by Gasteiger charge is 2.31. The fourth-order valence-corrected chi connectivity index (χ4v) is 5.15. The predicted molar refractivity (Wildman–Crippen MR) is 73.8 cm³/mol. The molecule has 1 N–H and O–H groups in total. The second-order valence-corrected chi connectivity index (χ2v) is 8.75. The molecule has 0 spiro atoms. The summed E-state index contributed by atoms with van der Waals surface area (Å²) < 4.78 is 49.3. The van der Waals surface area contributed by atoms with Gasteiger partial charge in [0.2, 0.25) is 10.0 Å². The maximum atomic E-state index is 12.2. The summed E-state index contributed by atoms with van der Waals surface area (Å²) in [6.45, 7) is 1.35. The minimum Gasteiger partial charge on any atom is -0.295 e. The number of hydrogen-bond acceptors (Lipinski definition) is 5. The quantitative estimate of drug-likeness (QED) is 0.808. The molecule has 1 unspecified atom stereocenters. The van der Waals surface area contributed by atoms with Crippen molar-refractivity contribution in [1.29, 1.82) is 0 Å². The number of carbonyl (C=O) groups is 1. The van der Waals surface area contributed by atoms with Crippen LogP contribution in [0.1, 0.15) is 23.7 Å². The SMILES string of the molecule is CC(=O)c1cccc(S(=O)(=O)NC2CCS(=O)(=O)C2)c1. The summed E-state index contributed by atoms with van der Waals surface area (Å²) in [5.41, 5.74) is 0.298. The van der Waals surface area contributed by atoms with Crippen molar-refractivity contribution < 1.29 is 21.6 Å². The van der Waals surface area contributed by atoms with Crippen LogP contribution in [0.15, 0.2) is 29.2 Å². The summed E-state index contributed by atoms with van der Waals surface area (Å²) in [5.74, 6) is -0.419. The zero-order valence-corrected chi connectivity index (χ0v) is 12.5. The Morgan fingerprint density at radius 1 is 1.35 bits per heavy atom. The van der Waals surface area contributed by atoms with Gasteiger partial charge in [-0.25, -0.2) is 21.6 Å². The summed E-state index contributed by atoms with van der Waals surface area (Å²) >= 11 is 0. The molecular formula is C12H15NO5S2. The second-order valence-electron chi connectivity index (χ2n) is 4.81. The molecule has 0 aliphatic carbocycles. The van der Waals surface area contributed by atoms with Gasteiger partial charge in [0.15, 0.2) is 15.6 Å². The van der Waals surface area contributed by atoms with Crippen LogP contribution in [-0.4, -0.2) is 40.2 Å². The molecule has 0 amide bonds. The number of ketones is 1. The van der Waals surface area contributed by atoms with Crippen molar-refractivity contribution >= 4 is 25.6 Å². The molecule has 1 heterocycles. The lowest BCUT2D eigenvalue weighted by molar-refractivity contribution is 0.101. The van der Waals surface area contributed by atoms with Gasteiger partial charge in [0, 0.05) is 11.6 Å². The minimum atomic E-state index is -3.82. The molecule has 1 atom stereocenters. The van der Waals surface area contributed by atoms with Crippen molar-refractivity contribution in [3.63, 3.8) is 0 Å². The highest BCUT2D eigenvalue weighted by Crippen LogP contribution is 2.17. The molecule has 0 aromatic heterocycles. The average Bonchev–Trinajstić information content (AvgIpc) is 2.68. The molecule has 0 radical (unpaired) electrons. The van der Waals surface area contributed by atoms with Gasteiger partial charge in [-0.15, -0.1) is 0 Å². The molecule has 2 rings (SSSR count). The largest absolute Gasteiger partial charge is 0.295 e. The standard InChI is InChI=1S/C12H15NO5S2/c1-9(14)10-3-2-4-12(7-10)20(17,18)13-11-5-6-19(15,16)8-11/h2-4,7,11,13H,5-6,8H2,1H3. The predicted octanol–water partition coefficient (Wildman–Crippen LogP) is 0.355. The van der Waals surface area contributed by atoms with E-state index >= 15 is 0 Å². The first-order valence-corrected chi connectivity index (χ1v) is 9.34. The molecule has 1 aliphatic rings. The van der Waals surface area contributed by atoms with Crippen LogP contribution < -0.4 is 4.72 Å². The Balaban J connectivity index is 2.23. The van der Waals surface area contributed by atoms with E-state index in [4.69, 9.17) is 0 Å². The monoisotopic (exact) mass is 317 g/mol. The number of carbonyl (C=O) groups excluding carboxylic acids is 1. The number of sulfonamides is 1. The lowest BCUT2D eigenvalue weighted by atomic mass is 10.2. The van der Waals surface area contributed by atoms with E-state index in [1.807, 2.05) is 0 Å². The van der Waals surface area contributed by atoms with Gasteiger partial charge < -0.3 is 0 Å². The summed E-state index contributed by atoms with van der Waals surface area (Å²) in [6, 6.07) is 5.07. The highest BCUT2D eigenvalue weighted by atomic mass is 32.2.